The molecule has 0 aliphatic carbocycles. The first-order chi connectivity index (χ1) is 8.02. The van der Waals surface area contributed by atoms with Crippen molar-refractivity contribution in [3.8, 4) is 0 Å². The summed E-state index contributed by atoms with van der Waals surface area (Å²) >= 11 is 3.15. The lowest BCUT2D eigenvalue weighted by Gasteiger charge is -2.09. The third-order valence-corrected chi connectivity index (χ3v) is 2.80. The number of rotatable bonds is 2. The molecule has 0 bridgehead atoms. The van der Waals surface area contributed by atoms with Crippen LogP contribution in [0.25, 0.3) is 10.9 Å². The lowest BCUT2D eigenvalue weighted by atomic mass is 10.1. The van der Waals surface area contributed by atoms with Crippen LogP contribution in [0.2, 0.25) is 0 Å². The highest BCUT2D eigenvalue weighted by Crippen LogP contribution is 2.31. The molecule has 0 amide bonds. The Kier molecular flexibility index (Phi) is 3.24. The van der Waals surface area contributed by atoms with Gasteiger partial charge in [-0.15, -0.1) is 0 Å². The Labute approximate surface area is 104 Å². The first kappa shape index (κ1) is 12.2. The van der Waals surface area contributed by atoms with Gasteiger partial charge in [-0.05, 0) is 18.2 Å². The van der Waals surface area contributed by atoms with Gasteiger partial charge in [0.1, 0.15) is 11.2 Å². The minimum atomic E-state index is -2.73. The van der Waals surface area contributed by atoms with E-state index in [2.05, 4.69) is 26.2 Å². The molecule has 0 unspecified atom stereocenters. The zero-order valence-electron chi connectivity index (χ0n) is 8.77. The largest absolute Gasteiger partial charge is 0.388 e. The predicted octanol–water partition coefficient (Wildman–Crippen LogP) is 4.12. The summed E-state index contributed by atoms with van der Waals surface area (Å²) in [4.78, 5) is 3.64. The summed E-state index contributed by atoms with van der Waals surface area (Å²) < 4.78 is 39.4. The predicted molar refractivity (Wildman–Crippen MR) is 63.9 cm³/mol. The first-order valence-corrected chi connectivity index (χ1v) is 5.58. The summed E-state index contributed by atoms with van der Waals surface area (Å²) in [5.74, 6) is -0.631. The number of anilines is 1. The molecule has 0 aliphatic heterocycles. The van der Waals surface area contributed by atoms with E-state index in [1.54, 1.807) is 13.1 Å². The number of aromatic nitrogens is 1. The van der Waals surface area contributed by atoms with E-state index in [4.69, 9.17) is 0 Å². The SMILES string of the molecule is CNc1cc(C(F)F)nc2c(F)cc(Br)cc12. The maximum atomic E-state index is 13.6. The Balaban J connectivity index is 2.82. The molecule has 1 aromatic heterocycles. The second kappa shape index (κ2) is 4.52. The number of alkyl halides is 2. The monoisotopic (exact) mass is 304 g/mol. The Bertz CT molecular complexity index is 572. The quantitative estimate of drug-likeness (QED) is 0.903. The van der Waals surface area contributed by atoms with Gasteiger partial charge in [0.15, 0.2) is 5.82 Å². The summed E-state index contributed by atoms with van der Waals surface area (Å²) in [5, 5.41) is 3.22. The molecule has 1 N–H and O–H groups in total. The molecule has 17 heavy (non-hydrogen) atoms. The molecule has 0 aliphatic rings. The van der Waals surface area contributed by atoms with Crippen LogP contribution in [-0.2, 0) is 0 Å². The summed E-state index contributed by atoms with van der Waals surface area (Å²) in [7, 11) is 1.59. The van der Waals surface area contributed by atoms with Crippen molar-refractivity contribution in [3.05, 3.63) is 34.2 Å². The van der Waals surface area contributed by atoms with E-state index in [0.717, 1.165) is 0 Å². The summed E-state index contributed by atoms with van der Waals surface area (Å²) in [5.41, 5.74) is -0.0797. The molecule has 0 radical (unpaired) electrons. The zero-order chi connectivity index (χ0) is 12.6. The molecule has 90 valence electrons. The smallest absolute Gasteiger partial charge is 0.280 e. The molecule has 2 nitrogen and oxygen atoms in total. The molecule has 1 heterocycles. The van der Waals surface area contributed by atoms with Gasteiger partial charge in [0, 0.05) is 22.6 Å². The van der Waals surface area contributed by atoms with Crippen molar-refractivity contribution in [2.75, 3.05) is 12.4 Å². The molecule has 0 spiro atoms. The van der Waals surface area contributed by atoms with Crippen LogP contribution >= 0.6 is 15.9 Å². The number of fused-ring (bicyclic) bond motifs is 1. The van der Waals surface area contributed by atoms with Gasteiger partial charge in [0.05, 0.1) is 0 Å². The summed E-state index contributed by atoms with van der Waals surface area (Å²) in [6.07, 6.45) is -2.73. The minimum Gasteiger partial charge on any atom is -0.388 e. The minimum absolute atomic E-state index is 0.0599. The van der Waals surface area contributed by atoms with Gasteiger partial charge in [-0.1, -0.05) is 15.9 Å². The average Bonchev–Trinajstić information content (AvgIpc) is 2.27. The lowest BCUT2D eigenvalue weighted by Crippen LogP contribution is -1.98. The molecule has 2 rings (SSSR count). The van der Waals surface area contributed by atoms with Gasteiger partial charge in [-0.2, -0.15) is 0 Å². The van der Waals surface area contributed by atoms with Gasteiger partial charge in [-0.25, -0.2) is 18.2 Å². The topological polar surface area (TPSA) is 24.9 Å². The molecular formula is C11H8BrF3N2. The standard InChI is InChI=1S/C11H8BrF3N2/c1-16-8-4-9(11(14)15)17-10-6(8)2-5(12)3-7(10)13/h2-4,11H,1H3,(H,16,17). The zero-order valence-corrected chi connectivity index (χ0v) is 10.4. The van der Waals surface area contributed by atoms with Crippen molar-refractivity contribution in [3.63, 3.8) is 0 Å². The van der Waals surface area contributed by atoms with Crippen molar-refractivity contribution in [2.45, 2.75) is 6.43 Å². The number of nitrogens with one attached hydrogen (secondary N) is 1. The Hall–Kier alpha value is -1.30. The highest BCUT2D eigenvalue weighted by atomic mass is 79.9. The van der Waals surface area contributed by atoms with E-state index in [-0.39, 0.29) is 5.52 Å². The summed E-state index contributed by atoms with van der Waals surface area (Å²) in [6.45, 7) is 0. The van der Waals surface area contributed by atoms with Crippen LogP contribution in [0.3, 0.4) is 0 Å². The van der Waals surface area contributed by atoms with Gasteiger partial charge < -0.3 is 5.32 Å². The second-order valence-electron chi connectivity index (χ2n) is 3.43. The third-order valence-electron chi connectivity index (χ3n) is 2.34. The van der Waals surface area contributed by atoms with Crippen LogP contribution in [0.4, 0.5) is 18.9 Å². The molecule has 0 atom stereocenters. The highest BCUT2D eigenvalue weighted by molar-refractivity contribution is 9.10. The molecule has 1 aromatic carbocycles. The molecular weight excluding hydrogens is 297 g/mol. The number of hydrogen-bond acceptors (Lipinski definition) is 2. The van der Waals surface area contributed by atoms with Gasteiger partial charge >= 0.3 is 0 Å². The highest BCUT2D eigenvalue weighted by Gasteiger charge is 2.15. The average molecular weight is 305 g/mol. The van der Waals surface area contributed by atoms with Crippen molar-refractivity contribution < 1.29 is 13.2 Å². The maximum absolute atomic E-state index is 13.6. The van der Waals surface area contributed by atoms with E-state index >= 15 is 0 Å². The Morgan fingerprint density at radius 1 is 1.29 bits per heavy atom. The maximum Gasteiger partial charge on any atom is 0.280 e. The summed E-state index contributed by atoms with van der Waals surface area (Å²) in [6, 6.07) is 4.05. The first-order valence-electron chi connectivity index (χ1n) is 4.78. The fourth-order valence-corrected chi connectivity index (χ4v) is 2.02. The molecule has 2 aromatic rings. The number of halogens is 4. The van der Waals surface area contributed by atoms with E-state index in [0.29, 0.717) is 15.5 Å². The fraction of sp³-hybridized carbons (Fsp3) is 0.182. The molecule has 0 fully saturated rings. The van der Waals surface area contributed by atoms with Crippen molar-refractivity contribution in [2.24, 2.45) is 0 Å². The van der Waals surface area contributed by atoms with Crippen LogP contribution < -0.4 is 5.32 Å². The van der Waals surface area contributed by atoms with Crippen LogP contribution in [0.15, 0.2) is 22.7 Å². The normalized spacial score (nSPS) is 11.2. The number of nitrogens with zero attached hydrogens (tertiary/aromatic N) is 1. The van der Waals surface area contributed by atoms with E-state index < -0.39 is 17.9 Å². The van der Waals surface area contributed by atoms with Crippen LogP contribution in [-0.4, -0.2) is 12.0 Å². The third kappa shape index (κ3) is 2.22. The Morgan fingerprint density at radius 2 is 2.00 bits per heavy atom. The van der Waals surface area contributed by atoms with Gasteiger partial charge in [0.2, 0.25) is 0 Å². The number of hydrogen-bond donors (Lipinski definition) is 1. The van der Waals surface area contributed by atoms with Crippen LogP contribution in [0.5, 0.6) is 0 Å². The number of pyridine rings is 1. The van der Waals surface area contributed by atoms with E-state index in [1.165, 1.54) is 12.1 Å². The molecule has 0 saturated carbocycles. The van der Waals surface area contributed by atoms with Crippen molar-refractivity contribution >= 4 is 32.5 Å². The molecule has 0 saturated heterocycles. The van der Waals surface area contributed by atoms with E-state index in [9.17, 15) is 13.2 Å². The van der Waals surface area contributed by atoms with Gasteiger partial charge in [-0.3, -0.25) is 0 Å². The fourth-order valence-electron chi connectivity index (χ4n) is 1.59. The van der Waals surface area contributed by atoms with Crippen LogP contribution in [0, 0.1) is 5.82 Å². The second-order valence-corrected chi connectivity index (χ2v) is 4.34. The molecule has 6 heteroatoms. The van der Waals surface area contributed by atoms with Crippen molar-refractivity contribution in [1.82, 2.24) is 4.98 Å². The van der Waals surface area contributed by atoms with Crippen LogP contribution in [0.1, 0.15) is 12.1 Å². The lowest BCUT2D eigenvalue weighted by molar-refractivity contribution is 0.146. The Morgan fingerprint density at radius 3 is 2.59 bits per heavy atom. The van der Waals surface area contributed by atoms with Crippen molar-refractivity contribution in [1.29, 1.82) is 0 Å². The van der Waals surface area contributed by atoms with E-state index in [1.807, 2.05) is 0 Å². The van der Waals surface area contributed by atoms with Gasteiger partial charge in [0.25, 0.3) is 6.43 Å². The number of benzene rings is 1.